The van der Waals surface area contributed by atoms with Crippen LogP contribution in [0.2, 0.25) is 5.02 Å². The molecule has 1 aliphatic rings. The predicted molar refractivity (Wildman–Crippen MR) is 92.4 cm³/mol. The monoisotopic (exact) mass is 349 g/mol. The largest absolute Gasteiger partial charge is 0.368 e. The number of aryl methyl sites for hydroxylation is 1. The molecule has 128 valence electrons. The summed E-state index contributed by atoms with van der Waals surface area (Å²) in [6.45, 7) is 3.90. The average Bonchev–Trinajstić information content (AvgIpc) is 3.17. The van der Waals surface area contributed by atoms with E-state index in [2.05, 4.69) is 25.7 Å². The lowest BCUT2D eigenvalue weighted by Gasteiger charge is -2.15. The fourth-order valence-electron chi connectivity index (χ4n) is 2.69. The Morgan fingerprint density at radius 1 is 1.46 bits per heavy atom. The predicted octanol–water partition coefficient (Wildman–Crippen LogP) is 1.89. The fraction of sp³-hybridized carbons (Fsp3) is 0.467. The molecule has 0 unspecified atom stereocenters. The molecule has 9 heteroatoms. The van der Waals surface area contributed by atoms with Gasteiger partial charge in [-0.25, -0.2) is 4.98 Å². The van der Waals surface area contributed by atoms with Crippen LogP contribution in [-0.4, -0.2) is 50.2 Å². The van der Waals surface area contributed by atoms with E-state index in [1.807, 2.05) is 18.1 Å². The molecule has 0 aliphatic carbocycles. The smallest absolute Gasteiger partial charge is 0.229 e. The van der Waals surface area contributed by atoms with E-state index < -0.39 is 0 Å². The number of rotatable bonds is 5. The molecule has 0 saturated carbocycles. The summed E-state index contributed by atoms with van der Waals surface area (Å²) in [5.74, 6) is 1.56. The van der Waals surface area contributed by atoms with Gasteiger partial charge in [0.1, 0.15) is 5.02 Å². The Labute approximate surface area is 145 Å². The minimum Gasteiger partial charge on any atom is -0.368 e. The van der Waals surface area contributed by atoms with Gasteiger partial charge < -0.3 is 15.5 Å². The lowest BCUT2D eigenvalue weighted by Crippen LogP contribution is -2.27. The van der Waals surface area contributed by atoms with Crippen molar-refractivity contribution in [2.75, 3.05) is 30.3 Å². The summed E-state index contributed by atoms with van der Waals surface area (Å²) in [6, 6.07) is 0. The number of nitrogens with zero attached hydrogens (tertiary/aromatic N) is 5. The first-order valence-corrected chi connectivity index (χ1v) is 8.16. The van der Waals surface area contributed by atoms with Crippen molar-refractivity contribution in [2.24, 2.45) is 13.0 Å². The Morgan fingerprint density at radius 2 is 2.29 bits per heavy atom. The maximum atomic E-state index is 11.4. The highest BCUT2D eigenvalue weighted by Gasteiger charge is 2.24. The summed E-state index contributed by atoms with van der Waals surface area (Å²) in [5, 5.41) is 10.9. The molecule has 2 aromatic heterocycles. The van der Waals surface area contributed by atoms with Gasteiger partial charge in [-0.3, -0.25) is 9.48 Å². The minimum absolute atomic E-state index is 0.125. The summed E-state index contributed by atoms with van der Waals surface area (Å²) in [5.41, 5.74) is 0.804. The van der Waals surface area contributed by atoms with Gasteiger partial charge in [-0.05, 0) is 12.3 Å². The minimum atomic E-state index is 0.125. The van der Waals surface area contributed by atoms with Gasteiger partial charge in [0, 0.05) is 39.8 Å². The van der Waals surface area contributed by atoms with E-state index >= 15 is 0 Å². The number of carbonyl (C=O) groups is 1. The molecule has 0 aromatic carbocycles. The van der Waals surface area contributed by atoms with Crippen molar-refractivity contribution in [3.05, 3.63) is 23.6 Å². The summed E-state index contributed by atoms with van der Waals surface area (Å²) in [7, 11) is 1.84. The quantitative estimate of drug-likeness (QED) is 0.857. The third-order valence-electron chi connectivity index (χ3n) is 3.99. The van der Waals surface area contributed by atoms with E-state index in [-0.39, 0.29) is 5.91 Å². The molecule has 2 N–H and O–H groups in total. The summed E-state index contributed by atoms with van der Waals surface area (Å²) < 4.78 is 1.69. The van der Waals surface area contributed by atoms with Gasteiger partial charge in [0.15, 0.2) is 5.82 Å². The molecule has 1 amide bonds. The number of carbonyl (C=O) groups excluding carboxylic acids is 1. The highest BCUT2D eigenvalue weighted by atomic mass is 35.5. The first-order valence-electron chi connectivity index (χ1n) is 7.79. The summed E-state index contributed by atoms with van der Waals surface area (Å²) in [6.07, 6.45) is 6.07. The molecule has 3 rings (SSSR count). The number of likely N-dealkylation sites (tertiary alicyclic amines) is 1. The van der Waals surface area contributed by atoms with Crippen LogP contribution in [-0.2, 0) is 11.8 Å². The van der Waals surface area contributed by atoms with Gasteiger partial charge in [-0.1, -0.05) is 11.6 Å². The van der Waals surface area contributed by atoms with E-state index in [1.165, 1.54) is 0 Å². The summed E-state index contributed by atoms with van der Waals surface area (Å²) in [4.78, 5) is 21.8. The van der Waals surface area contributed by atoms with Gasteiger partial charge in [0.2, 0.25) is 11.9 Å². The highest BCUT2D eigenvalue weighted by molar-refractivity contribution is 6.32. The number of aromatic nitrogens is 4. The molecule has 0 radical (unpaired) electrons. The Balaban J connectivity index is 1.61. The average molecular weight is 350 g/mol. The van der Waals surface area contributed by atoms with Crippen molar-refractivity contribution in [3.8, 4) is 0 Å². The molecule has 0 spiro atoms. The van der Waals surface area contributed by atoms with Gasteiger partial charge in [-0.15, -0.1) is 0 Å². The van der Waals surface area contributed by atoms with Crippen molar-refractivity contribution >= 4 is 35.0 Å². The van der Waals surface area contributed by atoms with Crippen molar-refractivity contribution in [1.82, 2.24) is 24.6 Å². The van der Waals surface area contributed by atoms with E-state index in [0.29, 0.717) is 29.3 Å². The van der Waals surface area contributed by atoms with Crippen LogP contribution in [0.1, 0.15) is 13.3 Å². The molecular weight excluding hydrogens is 330 g/mol. The molecule has 2 aromatic rings. The third-order valence-corrected chi connectivity index (χ3v) is 4.27. The lowest BCUT2D eigenvalue weighted by atomic mass is 10.1. The van der Waals surface area contributed by atoms with Crippen LogP contribution >= 0.6 is 11.6 Å². The number of nitrogens with one attached hydrogen (secondary N) is 2. The van der Waals surface area contributed by atoms with E-state index in [1.54, 1.807) is 24.0 Å². The SMILES string of the molecule is CC(=O)N1CC[C@H](CNc2nc(Nc3cnn(C)c3)ncc2Cl)C1. The van der Waals surface area contributed by atoms with Crippen LogP contribution in [0, 0.1) is 5.92 Å². The second kappa shape index (κ2) is 7.04. The molecule has 24 heavy (non-hydrogen) atoms. The standard InChI is InChI=1S/C15H20ClN7O/c1-10(24)23-4-3-11(8-23)5-17-14-13(16)7-18-15(21-14)20-12-6-19-22(2)9-12/h6-7,9,11H,3-5,8H2,1-2H3,(H2,17,18,20,21)/t11-/m1/s1. The first-order chi connectivity index (χ1) is 11.5. The highest BCUT2D eigenvalue weighted by Crippen LogP contribution is 2.23. The zero-order valence-electron chi connectivity index (χ0n) is 13.7. The molecule has 1 saturated heterocycles. The summed E-state index contributed by atoms with van der Waals surface area (Å²) >= 11 is 6.17. The maximum absolute atomic E-state index is 11.4. The molecule has 1 aliphatic heterocycles. The molecule has 0 bridgehead atoms. The molecule has 3 heterocycles. The van der Waals surface area contributed by atoms with Crippen LogP contribution in [0.25, 0.3) is 0 Å². The zero-order valence-corrected chi connectivity index (χ0v) is 14.4. The van der Waals surface area contributed by atoms with E-state index in [0.717, 1.165) is 25.2 Å². The van der Waals surface area contributed by atoms with Crippen molar-refractivity contribution in [1.29, 1.82) is 0 Å². The van der Waals surface area contributed by atoms with E-state index in [9.17, 15) is 4.79 Å². The van der Waals surface area contributed by atoms with E-state index in [4.69, 9.17) is 11.6 Å². The normalized spacial score (nSPS) is 17.1. The van der Waals surface area contributed by atoms with Crippen LogP contribution in [0.3, 0.4) is 0 Å². The van der Waals surface area contributed by atoms with Crippen molar-refractivity contribution < 1.29 is 4.79 Å². The van der Waals surface area contributed by atoms with Crippen LogP contribution in [0.5, 0.6) is 0 Å². The molecular formula is C15H20ClN7O. The third kappa shape index (κ3) is 3.94. The lowest BCUT2D eigenvalue weighted by molar-refractivity contribution is -0.127. The fourth-order valence-corrected chi connectivity index (χ4v) is 2.85. The zero-order chi connectivity index (χ0) is 17.1. The maximum Gasteiger partial charge on any atom is 0.229 e. The van der Waals surface area contributed by atoms with Crippen LogP contribution < -0.4 is 10.6 Å². The first kappa shape index (κ1) is 16.5. The number of amides is 1. The van der Waals surface area contributed by atoms with Crippen LogP contribution in [0.15, 0.2) is 18.6 Å². The number of hydrogen-bond donors (Lipinski definition) is 2. The number of anilines is 3. The Morgan fingerprint density at radius 3 is 2.96 bits per heavy atom. The second-order valence-electron chi connectivity index (χ2n) is 5.92. The Hall–Kier alpha value is -2.35. The topological polar surface area (TPSA) is 88.0 Å². The Kier molecular flexibility index (Phi) is 4.84. The molecule has 1 atom stereocenters. The molecule has 8 nitrogen and oxygen atoms in total. The Bertz CT molecular complexity index is 732. The van der Waals surface area contributed by atoms with Crippen LogP contribution in [0.4, 0.5) is 17.5 Å². The van der Waals surface area contributed by atoms with Gasteiger partial charge in [0.25, 0.3) is 0 Å². The number of hydrogen-bond acceptors (Lipinski definition) is 6. The van der Waals surface area contributed by atoms with Gasteiger partial charge >= 0.3 is 0 Å². The van der Waals surface area contributed by atoms with Gasteiger partial charge in [-0.2, -0.15) is 10.1 Å². The molecule has 1 fully saturated rings. The van der Waals surface area contributed by atoms with Crippen molar-refractivity contribution in [3.63, 3.8) is 0 Å². The van der Waals surface area contributed by atoms with Crippen molar-refractivity contribution in [2.45, 2.75) is 13.3 Å². The number of halogens is 1. The second-order valence-corrected chi connectivity index (χ2v) is 6.33. The van der Waals surface area contributed by atoms with Gasteiger partial charge in [0.05, 0.1) is 18.1 Å².